The molecule has 0 unspecified atom stereocenters. The highest BCUT2D eigenvalue weighted by Gasteiger charge is 2.39. The molecule has 27 heavy (non-hydrogen) atoms. The Morgan fingerprint density at radius 3 is 2.52 bits per heavy atom. The molecule has 1 heterocycles. The van der Waals surface area contributed by atoms with Crippen molar-refractivity contribution < 1.29 is 4.79 Å². The minimum Gasteiger partial charge on any atom is -0.345 e. The molecular formula is C21H22N4OS. The average molecular weight is 379 g/mol. The molecule has 4 rings (SSSR count). The summed E-state index contributed by atoms with van der Waals surface area (Å²) in [4.78, 5) is 12.9. The minimum atomic E-state index is -0.256. The molecule has 1 amide bonds. The van der Waals surface area contributed by atoms with Crippen LogP contribution < -0.4 is 5.32 Å². The monoisotopic (exact) mass is 378 g/mol. The fraction of sp³-hybridized carbons (Fsp3) is 0.286. The van der Waals surface area contributed by atoms with Crippen LogP contribution in [-0.4, -0.2) is 20.7 Å². The maximum Gasteiger partial charge on any atom is 0.240 e. The summed E-state index contributed by atoms with van der Waals surface area (Å²) in [7, 11) is 0. The van der Waals surface area contributed by atoms with E-state index in [4.69, 9.17) is 12.2 Å². The first-order chi connectivity index (χ1) is 13.1. The normalized spacial score (nSPS) is 15.1. The maximum absolute atomic E-state index is 12.9. The molecule has 1 aromatic heterocycles. The van der Waals surface area contributed by atoms with E-state index < -0.39 is 0 Å². The quantitative estimate of drug-likeness (QED) is 0.657. The summed E-state index contributed by atoms with van der Waals surface area (Å²) < 4.78 is 2.20. The summed E-state index contributed by atoms with van der Waals surface area (Å²) in [5, 5.41) is 10.4. The van der Waals surface area contributed by atoms with Gasteiger partial charge in [0.05, 0.1) is 5.54 Å². The molecule has 1 fully saturated rings. The van der Waals surface area contributed by atoms with Gasteiger partial charge in [0.2, 0.25) is 5.91 Å². The van der Waals surface area contributed by atoms with Gasteiger partial charge < -0.3 is 5.32 Å². The Morgan fingerprint density at radius 1 is 1.19 bits per heavy atom. The van der Waals surface area contributed by atoms with Crippen LogP contribution in [0.2, 0.25) is 0 Å². The van der Waals surface area contributed by atoms with Gasteiger partial charge in [0.1, 0.15) is 6.54 Å². The minimum absolute atomic E-state index is 0.0515. The number of aromatic amines is 1. The number of nitrogens with zero attached hydrogens (tertiary/aromatic N) is 2. The van der Waals surface area contributed by atoms with Gasteiger partial charge in [-0.05, 0) is 44.0 Å². The zero-order valence-corrected chi connectivity index (χ0v) is 16.1. The second-order valence-electron chi connectivity index (χ2n) is 7.15. The number of aromatic nitrogens is 3. The van der Waals surface area contributed by atoms with Crippen LogP contribution in [0.25, 0.3) is 11.4 Å². The molecule has 1 aliphatic rings. The number of benzene rings is 2. The molecule has 0 saturated heterocycles. The van der Waals surface area contributed by atoms with Crippen LogP contribution in [0.3, 0.4) is 0 Å². The standard InChI is InChI=1S/C21H22N4OS/c1-15-8-10-16(11-9-15)19-23-24-20(27)25(19)14-18(26)22-21(12-5-13-21)17-6-3-2-4-7-17/h2-4,6-11H,5,12-14H2,1H3,(H,22,26)(H,24,27). The molecule has 1 saturated carbocycles. The van der Waals surface area contributed by atoms with Crippen molar-refractivity contribution in [3.8, 4) is 11.4 Å². The molecule has 3 aromatic rings. The number of aryl methyl sites for hydroxylation is 1. The fourth-order valence-electron chi connectivity index (χ4n) is 3.61. The Labute approximate surface area is 163 Å². The summed E-state index contributed by atoms with van der Waals surface area (Å²) in [6.45, 7) is 2.18. The van der Waals surface area contributed by atoms with E-state index in [9.17, 15) is 4.79 Å². The SMILES string of the molecule is Cc1ccc(-c2n[nH]c(=S)n2CC(=O)NC2(c3ccccc3)CCC2)cc1. The summed E-state index contributed by atoms with van der Waals surface area (Å²) in [6.07, 6.45) is 3.05. The number of rotatable bonds is 5. The first-order valence-corrected chi connectivity index (χ1v) is 9.57. The molecule has 6 heteroatoms. The van der Waals surface area contributed by atoms with E-state index in [2.05, 4.69) is 27.6 Å². The summed E-state index contributed by atoms with van der Waals surface area (Å²) >= 11 is 5.36. The van der Waals surface area contributed by atoms with Crippen molar-refractivity contribution in [2.24, 2.45) is 0 Å². The van der Waals surface area contributed by atoms with E-state index in [-0.39, 0.29) is 18.0 Å². The van der Waals surface area contributed by atoms with Gasteiger partial charge in [-0.15, -0.1) is 0 Å². The Hall–Kier alpha value is -2.73. The largest absolute Gasteiger partial charge is 0.345 e. The highest BCUT2D eigenvalue weighted by Crippen LogP contribution is 2.41. The van der Waals surface area contributed by atoms with Crippen molar-refractivity contribution in [2.75, 3.05) is 0 Å². The topological polar surface area (TPSA) is 62.7 Å². The summed E-state index contributed by atoms with van der Waals surface area (Å²) in [6, 6.07) is 18.2. The Balaban J connectivity index is 1.56. The van der Waals surface area contributed by atoms with Crippen LogP contribution in [0.1, 0.15) is 30.4 Å². The van der Waals surface area contributed by atoms with E-state index in [1.807, 2.05) is 49.4 Å². The van der Waals surface area contributed by atoms with Crippen molar-refractivity contribution >= 4 is 18.1 Å². The van der Waals surface area contributed by atoms with Gasteiger partial charge in [-0.2, -0.15) is 5.10 Å². The predicted molar refractivity (Wildman–Crippen MR) is 108 cm³/mol. The third-order valence-corrected chi connectivity index (χ3v) is 5.59. The zero-order chi connectivity index (χ0) is 18.9. The van der Waals surface area contributed by atoms with Gasteiger partial charge in [-0.3, -0.25) is 14.5 Å². The van der Waals surface area contributed by atoms with Crippen LogP contribution in [0.5, 0.6) is 0 Å². The van der Waals surface area contributed by atoms with Crippen molar-refractivity contribution in [2.45, 2.75) is 38.3 Å². The zero-order valence-electron chi connectivity index (χ0n) is 15.2. The lowest BCUT2D eigenvalue weighted by Gasteiger charge is -2.43. The van der Waals surface area contributed by atoms with Crippen LogP contribution in [0.4, 0.5) is 0 Å². The molecule has 0 spiro atoms. The third-order valence-electron chi connectivity index (χ3n) is 5.28. The van der Waals surface area contributed by atoms with Crippen molar-refractivity contribution in [1.82, 2.24) is 20.1 Å². The molecule has 1 aliphatic carbocycles. The van der Waals surface area contributed by atoms with Crippen molar-refractivity contribution in [1.29, 1.82) is 0 Å². The van der Waals surface area contributed by atoms with Crippen LogP contribution in [0.15, 0.2) is 54.6 Å². The van der Waals surface area contributed by atoms with Crippen LogP contribution in [0, 0.1) is 11.7 Å². The lowest BCUT2D eigenvalue weighted by atomic mass is 9.72. The average Bonchev–Trinajstić information content (AvgIpc) is 3.00. The number of hydrogen-bond acceptors (Lipinski definition) is 3. The van der Waals surface area contributed by atoms with Crippen LogP contribution in [-0.2, 0) is 16.9 Å². The Morgan fingerprint density at radius 2 is 1.89 bits per heavy atom. The van der Waals surface area contributed by atoms with E-state index in [1.54, 1.807) is 4.57 Å². The number of nitrogens with one attached hydrogen (secondary N) is 2. The highest BCUT2D eigenvalue weighted by molar-refractivity contribution is 7.71. The number of amides is 1. The molecular weight excluding hydrogens is 356 g/mol. The van der Waals surface area contributed by atoms with Crippen LogP contribution >= 0.6 is 12.2 Å². The molecule has 0 aliphatic heterocycles. The maximum atomic E-state index is 12.9. The molecule has 0 radical (unpaired) electrons. The van der Waals surface area contributed by atoms with Crippen molar-refractivity contribution in [3.63, 3.8) is 0 Å². The molecule has 5 nitrogen and oxygen atoms in total. The fourth-order valence-corrected chi connectivity index (χ4v) is 3.81. The van der Waals surface area contributed by atoms with E-state index in [0.717, 1.165) is 24.8 Å². The smallest absolute Gasteiger partial charge is 0.240 e. The van der Waals surface area contributed by atoms with Gasteiger partial charge >= 0.3 is 0 Å². The first-order valence-electron chi connectivity index (χ1n) is 9.16. The van der Waals surface area contributed by atoms with E-state index in [0.29, 0.717) is 10.6 Å². The molecule has 0 atom stereocenters. The molecule has 2 N–H and O–H groups in total. The number of hydrogen-bond donors (Lipinski definition) is 2. The van der Waals surface area contributed by atoms with Gasteiger partial charge in [0.25, 0.3) is 0 Å². The number of carbonyl (C=O) groups is 1. The van der Waals surface area contributed by atoms with E-state index >= 15 is 0 Å². The Bertz CT molecular complexity index is 1000. The van der Waals surface area contributed by atoms with Crippen molar-refractivity contribution in [3.05, 3.63) is 70.5 Å². The number of H-pyrrole nitrogens is 1. The molecule has 0 bridgehead atoms. The lowest BCUT2D eigenvalue weighted by molar-refractivity contribution is -0.125. The van der Waals surface area contributed by atoms with Gasteiger partial charge in [0, 0.05) is 5.56 Å². The molecule has 2 aromatic carbocycles. The van der Waals surface area contributed by atoms with Gasteiger partial charge in [-0.1, -0.05) is 60.2 Å². The summed E-state index contributed by atoms with van der Waals surface area (Å²) in [5.74, 6) is 0.627. The third kappa shape index (κ3) is 3.45. The number of carbonyl (C=O) groups excluding carboxylic acids is 1. The Kier molecular flexibility index (Phi) is 4.66. The predicted octanol–water partition coefficient (Wildman–Crippen LogP) is 4.11. The second kappa shape index (κ2) is 7.12. The lowest BCUT2D eigenvalue weighted by Crippen LogP contribution is -2.51. The second-order valence-corrected chi connectivity index (χ2v) is 7.54. The molecule has 138 valence electrons. The van der Waals surface area contributed by atoms with Gasteiger partial charge in [0.15, 0.2) is 10.6 Å². The highest BCUT2D eigenvalue weighted by atomic mass is 32.1. The summed E-state index contributed by atoms with van der Waals surface area (Å²) in [5.41, 5.74) is 3.02. The first kappa shape index (κ1) is 17.7. The van der Waals surface area contributed by atoms with E-state index in [1.165, 1.54) is 11.1 Å². The van der Waals surface area contributed by atoms with Gasteiger partial charge in [-0.25, -0.2) is 0 Å².